The lowest BCUT2D eigenvalue weighted by Crippen LogP contribution is -2.39. The zero-order valence-electron chi connectivity index (χ0n) is 10.9. The topological polar surface area (TPSA) is 45.0 Å². The van der Waals surface area contributed by atoms with E-state index in [4.69, 9.17) is 10.00 Å². The highest BCUT2D eigenvalue weighted by atomic mass is 19.2. The Morgan fingerprint density at radius 3 is 2.05 bits per heavy atom. The van der Waals surface area contributed by atoms with Crippen molar-refractivity contribution in [2.45, 2.75) is 30.9 Å². The second-order valence-electron chi connectivity index (χ2n) is 4.83. The Balaban J connectivity index is 2.29. The van der Waals surface area contributed by atoms with Gasteiger partial charge in [-0.1, -0.05) is 0 Å². The lowest BCUT2D eigenvalue weighted by atomic mass is 10.0. The molecule has 21 heavy (non-hydrogen) atoms. The van der Waals surface area contributed by atoms with Crippen LogP contribution in [0.15, 0.2) is 0 Å². The van der Waals surface area contributed by atoms with E-state index in [-0.39, 0.29) is 12.8 Å². The van der Waals surface area contributed by atoms with E-state index in [1.807, 2.05) is 6.07 Å². The number of hydrogen-bond acceptors (Lipinski definition) is 3. The fourth-order valence-corrected chi connectivity index (χ4v) is 2.34. The van der Waals surface area contributed by atoms with Crippen molar-refractivity contribution >= 4 is 0 Å². The zero-order chi connectivity index (χ0) is 15.8. The number of hydrogen-bond donors (Lipinski definition) is 1. The largest absolute Gasteiger partial charge is 0.484 e. The monoisotopic (exact) mass is 306 g/mol. The third kappa shape index (κ3) is 2.53. The molecule has 0 spiro atoms. The molecular formula is C13H11F5N2O. The van der Waals surface area contributed by atoms with Crippen molar-refractivity contribution in [2.75, 3.05) is 7.05 Å². The van der Waals surface area contributed by atoms with Gasteiger partial charge in [-0.25, -0.2) is 13.2 Å². The Morgan fingerprint density at radius 1 is 1.10 bits per heavy atom. The van der Waals surface area contributed by atoms with E-state index in [0.29, 0.717) is 6.42 Å². The van der Waals surface area contributed by atoms with E-state index >= 15 is 0 Å². The predicted octanol–water partition coefficient (Wildman–Crippen LogP) is 2.80. The smallest absolute Gasteiger partial charge is 0.207 e. The number of halogens is 5. The molecule has 0 heterocycles. The van der Waals surface area contributed by atoms with Gasteiger partial charge in [0, 0.05) is 6.42 Å². The van der Waals surface area contributed by atoms with Gasteiger partial charge in [-0.05, 0) is 19.9 Å². The van der Waals surface area contributed by atoms with Gasteiger partial charge >= 0.3 is 0 Å². The van der Waals surface area contributed by atoms with Crippen LogP contribution in [0.25, 0.3) is 0 Å². The Kier molecular flexibility index (Phi) is 4.05. The molecule has 0 saturated heterocycles. The molecule has 2 atom stereocenters. The molecule has 0 radical (unpaired) electrons. The first-order chi connectivity index (χ1) is 9.85. The number of rotatable bonds is 3. The molecule has 3 nitrogen and oxygen atoms in total. The normalized spacial score (nSPS) is 24.9. The molecule has 2 unspecified atom stereocenters. The van der Waals surface area contributed by atoms with E-state index in [1.165, 1.54) is 0 Å². The van der Waals surface area contributed by atoms with Gasteiger partial charge in [0.05, 0.1) is 6.07 Å². The minimum atomic E-state index is -2.23. The number of nitrogens with one attached hydrogen (secondary N) is 1. The van der Waals surface area contributed by atoms with E-state index in [0.717, 1.165) is 0 Å². The summed E-state index contributed by atoms with van der Waals surface area (Å²) >= 11 is 0. The Morgan fingerprint density at radius 2 is 1.62 bits per heavy atom. The number of ether oxygens (including phenoxy) is 1. The summed E-state index contributed by atoms with van der Waals surface area (Å²) in [4.78, 5) is 0. The second kappa shape index (κ2) is 5.48. The van der Waals surface area contributed by atoms with Gasteiger partial charge in [-0.15, -0.1) is 0 Å². The summed E-state index contributed by atoms with van der Waals surface area (Å²) in [5.41, 5.74) is -0.922. The minimum Gasteiger partial charge on any atom is -0.484 e. The highest BCUT2D eigenvalue weighted by Crippen LogP contribution is 2.35. The fraction of sp³-hybridized carbons (Fsp3) is 0.462. The quantitative estimate of drug-likeness (QED) is 0.530. The van der Waals surface area contributed by atoms with Crippen LogP contribution >= 0.6 is 0 Å². The molecule has 1 aromatic rings. The first kappa shape index (κ1) is 15.5. The number of nitrogens with zero attached hydrogens (tertiary/aromatic N) is 1. The molecule has 0 amide bonds. The van der Waals surface area contributed by atoms with Crippen molar-refractivity contribution in [3.63, 3.8) is 0 Å². The van der Waals surface area contributed by atoms with Crippen molar-refractivity contribution in [2.24, 2.45) is 0 Å². The van der Waals surface area contributed by atoms with E-state index in [9.17, 15) is 22.0 Å². The molecular weight excluding hydrogens is 295 g/mol. The summed E-state index contributed by atoms with van der Waals surface area (Å²) in [5.74, 6) is -11.7. The third-order valence-corrected chi connectivity index (χ3v) is 3.62. The van der Waals surface area contributed by atoms with Gasteiger partial charge < -0.3 is 10.1 Å². The highest BCUT2D eigenvalue weighted by Gasteiger charge is 2.40. The van der Waals surface area contributed by atoms with Gasteiger partial charge in [-0.2, -0.15) is 14.0 Å². The Labute approximate surface area is 117 Å². The van der Waals surface area contributed by atoms with Crippen molar-refractivity contribution in [3.05, 3.63) is 29.1 Å². The summed E-state index contributed by atoms with van der Waals surface area (Å²) in [5, 5.41) is 11.8. The second-order valence-corrected chi connectivity index (χ2v) is 4.83. The van der Waals surface area contributed by atoms with Crippen molar-refractivity contribution in [1.82, 2.24) is 5.32 Å². The maximum Gasteiger partial charge on any atom is 0.207 e. The van der Waals surface area contributed by atoms with Crippen molar-refractivity contribution in [1.29, 1.82) is 5.26 Å². The van der Waals surface area contributed by atoms with Gasteiger partial charge in [-0.3, -0.25) is 0 Å². The van der Waals surface area contributed by atoms with Crippen LogP contribution in [0, 0.1) is 40.4 Å². The summed E-state index contributed by atoms with van der Waals surface area (Å²) in [6.45, 7) is 0. The summed E-state index contributed by atoms with van der Waals surface area (Å²) in [7, 11) is 1.55. The summed E-state index contributed by atoms with van der Waals surface area (Å²) in [6.07, 6.45) is -0.127. The fourth-order valence-electron chi connectivity index (χ4n) is 2.34. The highest BCUT2D eigenvalue weighted by molar-refractivity contribution is 5.30. The maximum atomic E-state index is 13.5. The molecule has 0 aromatic heterocycles. The van der Waals surface area contributed by atoms with Crippen LogP contribution in [0.2, 0.25) is 0 Å². The molecule has 1 aliphatic carbocycles. The lowest BCUT2D eigenvalue weighted by Gasteiger charge is -2.20. The average Bonchev–Trinajstić information content (AvgIpc) is 2.91. The Hall–Kier alpha value is -1.88. The summed E-state index contributed by atoms with van der Waals surface area (Å²) < 4.78 is 70.9. The first-order valence-corrected chi connectivity index (χ1v) is 6.13. The molecule has 2 rings (SSSR count). The van der Waals surface area contributed by atoms with Crippen LogP contribution in [-0.4, -0.2) is 18.7 Å². The van der Waals surface area contributed by atoms with Crippen LogP contribution in [-0.2, 0) is 0 Å². The van der Waals surface area contributed by atoms with Gasteiger partial charge in [0.15, 0.2) is 5.75 Å². The van der Waals surface area contributed by atoms with Crippen LogP contribution in [0.1, 0.15) is 19.3 Å². The van der Waals surface area contributed by atoms with Gasteiger partial charge in [0.25, 0.3) is 0 Å². The molecule has 8 heteroatoms. The molecule has 0 aliphatic heterocycles. The van der Waals surface area contributed by atoms with E-state index < -0.39 is 46.5 Å². The van der Waals surface area contributed by atoms with Crippen molar-refractivity contribution < 1.29 is 26.7 Å². The van der Waals surface area contributed by atoms with Crippen molar-refractivity contribution in [3.8, 4) is 11.8 Å². The van der Waals surface area contributed by atoms with E-state index in [2.05, 4.69) is 5.32 Å². The van der Waals surface area contributed by atoms with E-state index in [1.54, 1.807) is 7.05 Å². The minimum absolute atomic E-state index is 0.0828. The lowest BCUT2D eigenvalue weighted by molar-refractivity contribution is 0.176. The number of benzene rings is 1. The first-order valence-electron chi connectivity index (χ1n) is 6.13. The van der Waals surface area contributed by atoms with Crippen LogP contribution in [0.3, 0.4) is 0 Å². The molecule has 1 N–H and O–H groups in total. The molecule has 114 valence electrons. The predicted molar refractivity (Wildman–Crippen MR) is 61.9 cm³/mol. The summed E-state index contributed by atoms with van der Waals surface area (Å²) in [6, 6.07) is 2.02. The molecule has 1 aliphatic rings. The van der Waals surface area contributed by atoms with Crippen LogP contribution < -0.4 is 10.1 Å². The molecule has 1 fully saturated rings. The standard InChI is InChI=1S/C13H11F5N2O/c1-20-13(5-19)3-2-6(4-13)21-12-10(17)8(15)7(14)9(16)11(12)18/h6,20H,2-4H2,1H3. The zero-order valence-corrected chi connectivity index (χ0v) is 10.9. The maximum absolute atomic E-state index is 13.5. The SMILES string of the molecule is CNC1(C#N)CCC(Oc2c(F)c(F)c(F)c(F)c2F)C1. The molecule has 0 bridgehead atoms. The van der Waals surface area contributed by atoms with Gasteiger partial charge in [0.1, 0.15) is 11.6 Å². The molecule has 1 aromatic carbocycles. The van der Waals surface area contributed by atoms with Crippen LogP contribution in [0.4, 0.5) is 22.0 Å². The average molecular weight is 306 g/mol. The Bertz CT molecular complexity index is 587. The third-order valence-electron chi connectivity index (χ3n) is 3.62. The van der Waals surface area contributed by atoms with Crippen LogP contribution in [0.5, 0.6) is 5.75 Å². The number of nitriles is 1. The molecule has 1 saturated carbocycles. The van der Waals surface area contributed by atoms with Gasteiger partial charge in [0.2, 0.25) is 29.1 Å².